The fourth-order valence-corrected chi connectivity index (χ4v) is 3.51. The third kappa shape index (κ3) is 2.90. The van der Waals surface area contributed by atoms with Crippen molar-refractivity contribution >= 4 is 23.4 Å². The van der Waals surface area contributed by atoms with Gasteiger partial charge in [0.15, 0.2) is 0 Å². The molecule has 0 bridgehead atoms. The van der Waals surface area contributed by atoms with Gasteiger partial charge >= 0.3 is 0 Å². The molecule has 0 unspecified atom stereocenters. The van der Waals surface area contributed by atoms with E-state index in [2.05, 4.69) is 5.10 Å². The summed E-state index contributed by atoms with van der Waals surface area (Å²) in [5.74, 6) is 0. The Morgan fingerprint density at radius 3 is 2.45 bits per heavy atom. The van der Waals surface area contributed by atoms with Gasteiger partial charge in [-0.25, -0.2) is 0 Å². The summed E-state index contributed by atoms with van der Waals surface area (Å²) in [6.45, 7) is -0.0646. The number of benzene rings is 2. The number of hydrogen-bond donors (Lipinski definition) is 1. The highest BCUT2D eigenvalue weighted by Gasteiger charge is 2.18. The van der Waals surface area contributed by atoms with Crippen LogP contribution in [0.3, 0.4) is 0 Å². The van der Waals surface area contributed by atoms with Gasteiger partial charge in [-0.3, -0.25) is 4.68 Å². The molecule has 0 saturated carbocycles. The third-order valence-electron chi connectivity index (χ3n) is 3.34. The van der Waals surface area contributed by atoms with Gasteiger partial charge in [0.2, 0.25) is 0 Å². The number of aryl methyl sites for hydroxylation is 1. The van der Waals surface area contributed by atoms with Crippen molar-refractivity contribution in [3.63, 3.8) is 0 Å². The molecule has 2 aromatic carbocycles. The summed E-state index contributed by atoms with van der Waals surface area (Å²) in [4.78, 5) is 0.946. The molecule has 1 heterocycles. The zero-order valence-electron chi connectivity index (χ0n) is 12.0. The monoisotopic (exact) mass is 330 g/mol. The van der Waals surface area contributed by atoms with Crippen LogP contribution in [-0.4, -0.2) is 14.9 Å². The number of rotatable bonds is 4. The average molecular weight is 331 g/mol. The van der Waals surface area contributed by atoms with Gasteiger partial charge < -0.3 is 5.11 Å². The second-order valence-electron chi connectivity index (χ2n) is 4.81. The van der Waals surface area contributed by atoms with Gasteiger partial charge in [0, 0.05) is 23.1 Å². The maximum atomic E-state index is 9.82. The summed E-state index contributed by atoms with van der Waals surface area (Å²) >= 11 is 7.75. The lowest BCUT2D eigenvalue weighted by molar-refractivity contribution is 0.279. The number of aliphatic hydroxyl groups excluding tert-OH is 1. The topological polar surface area (TPSA) is 38.0 Å². The fraction of sp³-hybridized carbons (Fsp3) is 0.118. The van der Waals surface area contributed by atoms with Crippen LogP contribution in [0.5, 0.6) is 0 Å². The van der Waals surface area contributed by atoms with Crippen molar-refractivity contribution in [3.8, 4) is 11.3 Å². The quantitative estimate of drug-likeness (QED) is 0.771. The fourth-order valence-electron chi connectivity index (χ4n) is 2.28. The average Bonchev–Trinajstić information content (AvgIpc) is 2.86. The molecule has 1 N–H and O–H groups in total. The standard InChI is InChI=1S/C17H15ClN2OS/c1-20-17(22-15-10-6-5-9-14(15)18)13(11-21)16(19-20)12-7-3-2-4-8-12/h2-10,21H,11H2,1H3. The molecule has 3 rings (SSSR count). The number of aliphatic hydroxyl groups is 1. The molecular formula is C17H15ClN2OS. The molecule has 0 spiro atoms. The highest BCUT2D eigenvalue weighted by molar-refractivity contribution is 7.99. The molecule has 0 aliphatic carbocycles. The van der Waals surface area contributed by atoms with Crippen LogP contribution in [0.15, 0.2) is 64.5 Å². The SMILES string of the molecule is Cn1nc(-c2ccccc2)c(CO)c1Sc1ccccc1Cl. The minimum atomic E-state index is -0.0646. The van der Waals surface area contributed by atoms with Crippen molar-refractivity contribution in [2.24, 2.45) is 7.05 Å². The molecule has 0 saturated heterocycles. The molecule has 0 amide bonds. The Balaban J connectivity index is 2.06. The van der Waals surface area contributed by atoms with Gasteiger partial charge in [-0.2, -0.15) is 5.10 Å². The van der Waals surface area contributed by atoms with Crippen LogP contribution in [0.25, 0.3) is 11.3 Å². The van der Waals surface area contributed by atoms with E-state index in [9.17, 15) is 5.11 Å². The largest absolute Gasteiger partial charge is 0.391 e. The molecular weight excluding hydrogens is 316 g/mol. The molecule has 0 aliphatic rings. The molecule has 0 aliphatic heterocycles. The van der Waals surface area contributed by atoms with Crippen LogP contribution in [0, 0.1) is 0 Å². The first-order valence-corrected chi connectivity index (χ1v) is 8.04. The van der Waals surface area contributed by atoms with Crippen LogP contribution >= 0.6 is 23.4 Å². The summed E-state index contributed by atoms with van der Waals surface area (Å²) < 4.78 is 1.79. The number of hydrogen-bond acceptors (Lipinski definition) is 3. The number of aromatic nitrogens is 2. The summed E-state index contributed by atoms with van der Waals surface area (Å²) in [5.41, 5.74) is 2.62. The van der Waals surface area contributed by atoms with E-state index in [-0.39, 0.29) is 6.61 Å². The van der Waals surface area contributed by atoms with Gasteiger partial charge in [-0.05, 0) is 12.1 Å². The molecule has 112 valence electrons. The summed E-state index contributed by atoms with van der Waals surface area (Å²) in [6, 6.07) is 17.5. The van der Waals surface area contributed by atoms with Gasteiger partial charge in [0.05, 0.1) is 17.3 Å². The van der Waals surface area contributed by atoms with Crippen LogP contribution in [0.4, 0.5) is 0 Å². The summed E-state index contributed by atoms with van der Waals surface area (Å²) in [5, 5.41) is 16.0. The predicted molar refractivity (Wildman–Crippen MR) is 90.1 cm³/mol. The zero-order chi connectivity index (χ0) is 15.5. The van der Waals surface area contributed by atoms with E-state index in [1.54, 1.807) is 4.68 Å². The molecule has 22 heavy (non-hydrogen) atoms. The van der Waals surface area contributed by atoms with E-state index < -0.39 is 0 Å². The van der Waals surface area contributed by atoms with Crippen molar-refractivity contribution in [2.75, 3.05) is 0 Å². The van der Waals surface area contributed by atoms with E-state index in [0.717, 1.165) is 26.7 Å². The van der Waals surface area contributed by atoms with E-state index in [1.807, 2.05) is 61.6 Å². The Labute approximate surface area is 138 Å². The van der Waals surface area contributed by atoms with Gasteiger partial charge in [-0.1, -0.05) is 65.8 Å². The van der Waals surface area contributed by atoms with E-state index in [0.29, 0.717) is 5.02 Å². The molecule has 3 aromatic rings. The van der Waals surface area contributed by atoms with Crippen molar-refractivity contribution in [1.29, 1.82) is 0 Å². The Morgan fingerprint density at radius 2 is 1.77 bits per heavy atom. The van der Waals surface area contributed by atoms with Gasteiger partial charge in [-0.15, -0.1) is 0 Å². The summed E-state index contributed by atoms with van der Waals surface area (Å²) in [7, 11) is 1.88. The van der Waals surface area contributed by atoms with Crippen LogP contribution in [-0.2, 0) is 13.7 Å². The molecule has 5 heteroatoms. The predicted octanol–water partition coefficient (Wildman–Crippen LogP) is 4.38. The highest BCUT2D eigenvalue weighted by atomic mass is 35.5. The van der Waals surface area contributed by atoms with Crippen molar-refractivity contribution in [1.82, 2.24) is 9.78 Å². The number of halogens is 1. The Morgan fingerprint density at radius 1 is 1.09 bits per heavy atom. The minimum Gasteiger partial charge on any atom is -0.391 e. The molecule has 0 radical (unpaired) electrons. The van der Waals surface area contributed by atoms with Crippen LogP contribution < -0.4 is 0 Å². The summed E-state index contributed by atoms with van der Waals surface area (Å²) in [6.07, 6.45) is 0. The van der Waals surface area contributed by atoms with Crippen molar-refractivity contribution in [3.05, 3.63) is 65.2 Å². The van der Waals surface area contributed by atoms with E-state index >= 15 is 0 Å². The maximum absolute atomic E-state index is 9.82. The molecule has 0 fully saturated rings. The Hall–Kier alpha value is -1.75. The first-order chi connectivity index (χ1) is 10.7. The molecule has 1 aromatic heterocycles. The van der Waals surface area contributed by atoms with Crippen LogP contribution in [0.1, 0.15) is 5.56 Å². The second kappa shape index (κ2) is 6.57. The Kier molecular flexibility index (Phi) is 4.52. The molecule has 3 nitrogen and oxygen atoms in total. The first kappa shape index (κ1) is 15.2. The first-order valence-electron chi connectivity index (χ1n) is 6.85. The van der Waals surface area contributed by atoms with Crippen molar-refractivity contribution in [2.45, 2.75) is 16.5 Å². The number of nitrogens with zero attached hydrogens (tertiary/aromatic N) is 2. The third-order valence-corrected chi connectivity index (χ3v) is 5.06. The zero-order valence-corrected chi connectivity index (χ0v) is 13.6. The minimum absolute atomic E-state index is 0.0646. The van der Waals surface area contributed by atoms with E-state index in [4.69, 9.17) is 11.6 Å². The lowest BCUT2D eigenvalue weighted by Gasteiger charge is -2.06. The van der Waals surface area contributed by atoms with Crippen LogP contribution in [0.2, 0.25) is 5.02 Å². The lowest BCUT2D eigenvalue weighted by Crippen LogP contribution is -1.93. The normalized spacial score (nSPS) is 10.9. The van der Waals surface area contributed by atoms with Crippen molar-refractivity contribution < 1.29 is 5.11 Å². The molecule has 0 atom stereocenters. The van der Waals surface area contributed by atoms with Gasteiger partial charge in [0.25, 0.3) is 0 Å². The van der Waals surface area contributed by atoms with E-state index in [1.165, 1.54) is 11.8 Å². The maximum Gasteiger partial charge on any atom is 0.105 e. The highest BCUT2D eigenvalue weighted by Crippen LogP contribution is 2.38. The smallest absolute Gasteiger partial charge is 0.105 e. The lowest BCUT2D eigenvalue weighted by atomic mass is 10.1. The second-order valence-corrected chi connectivity index (χ2v) is 6.25. The Bertz CT molecular complexity index is 787. The van der Waals surface area contributed by atoms with Gasteiger partial charge in [0.1, 0.15) is 5.03 Å².